The van der Waals surface area contributed by atoms with E-state index in [1.165, 1.54) is 0 Å². The maximum absolute atomic E-state index is 12.7. The van der Waals surface area contributed by atoms with E-state index < -0.39 is 0 Å². The van der Waals surface area contributed by atoms with Gasteiger partial charge in [0.05, 0.1) is 29.4 Å². The molecule has 1 aromatic heterocycles. The van der Waals surface area contributed by atoms with Crippen molar-refractivity contribution < 1.29 is 9.53 Å². The van der Waals surface area contributed by atoms with Gasteiger partial charge in [-0.3, -0.25) is 9.69 Å². The second kappa shape index (κ2) is 9.23. The van der Waals surface area contributed by atoms with Gasteiger partial charge < -0.3 is 9.64 Å². The van der Waals surface area contributed by atoms with Gasteiger partial charge in [0, 0.05) is 26.2 Å². The van der Waals surface area contributed by atoms with Crippen LogP contribution < -0.4 is 4.74 Å². The number of benzene rings is 2. The summed E-state index contributed by atoms with van der Waals surface area (Å²) < 4.78 is 7.22. The normalized spacial score (nSPS) is 14.7. The molecule has 0 radical (unpaired) electrons. The van der Waals surface area contributed by atoms with E-state index in [9.17, 15) is 4.79 Å². The van der Waals surface area contributed by atoms with Crippen LogP contribution in [0.15, 0.2) is 48.5 Å². The number of piperazine rings is 1. The topological polar surface area (TPSA) is 76.4 Å². The van der Waals surface area contributed by atoms with Crippen molar-refractivity contribution in [2.75, 3.05) is 32.8 Å². The lowest BCUT2D eigenvalue weighted by Gasteiger charge is -2.34. The van der Waals surface area contributed by atoms with Crippen molar-refractivity contribution >= 4 is 17.5 Å². The van der Waals surface area contributed by atoms with Crippen LogP contribution in [0, 0.1) is 0 Å². The first-order chi connectivity index (χ1) is 14.7. The maximum Gasteiger partial charge on any atom is 0.255 e. The Labute approximate surface area is 180 Å². The zero-order chi connectivity index (χ0) is 20.9. The molecule has 1 aliphatic rings. The number of halogens is 1. The third kappa shape index (κ3) is 4.44. The Bertz CT molecular complexity index is 999. The smallest absolute Gasteiger partial charge is 0.255 e. The molecule has 1 aliphatic heterocycles. The SMILES string of the molecule is CCOc1ccc(-n2nnnc2CN2CCN(C(=O)c3ccccc3Cl)CC2)cc1. The third-order valence-electron chi connectivity index (χ3n) is 5.06. The Balaban J connectivity index is 1.38. The molecule has 8 nitrogen and oxygen atoms in total. The van der Waals surface area contributed by atoms with Crippen LogP contribution in [0.4, 0.5) is 0 Å². The Morgan fingerprint density at radius 1 is 1.07 bits per heavy atom. The summed E-state index contributed by atoms with van der Waals surface area (Å²) in [4.78, 5) is 16.8. The van der Waals surface area contributed by atoms with Crippen molar-refractivity contribution in [3.63, 3.8) is 0 Å². The highest BCUT2D eigenvalue weighted by atomic mass is 35.5. The summed E-state index contributed by atoms with van der Waals surface area (Å²) in [6.07, 6.45) is 0. The van der Waals surface area contributed by atoms with E-state index in [1.54, 1.807) is 16.8 Å². The first-order valence-corrected chi connectivity index (χ1v) is 10.3. The minimum absolute atomic E-state index is 0.0283. The van der Waals surface area contributed by atoms with Gasteiger partial charge in [0.25, 0.3) is 5.91 Å². The largest absolute Gasteiger partial charge is 0.494 e. The van der Waals surface area contributed by atoms with Crippen LogP contribution in [0.1, 0.15) is 23.1 Å². The number of carbonyl (C=O) groups is 1. The quantitative estimate of drug-likeness (QED) is 0.603. The first kappa shape index (κ1) is 20.3. The van der Waals surface area contributed by atoms with E-state index in [2.05, 4.69) is 20.4 Å². The molecule has 4 rings (SSSR count). The van der Waals surface area contributed by atoms with Crippen molar-refractivity contribution in [3.05, 3.63) is 64.9 Å². The molecule has 0 spiro atoms. The molecule has 30 heavy (non-hydrogen) atoms. The minimum atomic E-state index is -0.0283. The van der Waals surface area contributed by atoms with Gasteiger partial charge in [-0.05, 0) is 53.7 Å². The van der Waals surface area contributed by atoms with Crippen molar-refractivity contribution in [1.82, 2.24) is 30.0 Å². The number of amides is 1. The fraction of sp³-hybridized carbons (Fsp3) is 0.333. The number of nitrogens with zero attached hydrogens (tertiary/aromatic N) is 6. The lowest BCUT2D eigenvalue weighted by Crippen LogP contribution is -2.48. The standard InChI is InChI=1S/C21H23ClN6O2/c1-2-30-17-9-7-16(8-10-17)28-20(23-24-25-28)15-26-11-13-27(14-12-26)21(29)18-5-3-4-6-19(18)22/h3-10H,2,11-15H2,1H3. The number of ether oxygens (including phenoxy) is 1. The van der Waals surface area contributed by atoms with Crippen LogP contribution in [-0.2, 0) is 6.54 Å². The van der Waals surface area contributed by atoms with Crippen LogP contribution >= 0.6 is 11.6 Å². The summed E-state index contributed by atoms with van der Waals surface area (Å²) in [6.45, 7) is 5.94. The summed E-state index contributed by atoms with van der Waals surface area (Å²) in [5, 5.41) is 12.6. The highest BCUT2D eigenvalue weighted by Gasteiger charge is 2.24. The molecule has 9 heteroatoms. The van der Waals surface area contributed by atoms with Crippen LogP contribution in [-0.4, -0.2) is 68.7 Å². The molecule has 0 N–H and O–H groups in total. The van der Waals surface area contributed by atoms with Crippen molar-refractivity contribution in [2.24, 2.45) is 0 Å². The van der Waals surface area contributed by atoms with Gasteiger partial charge in [0.15, 0.2) is 5.82 Å². The molecule has 1 amide bonds. The van der Waals surface area contributed by atoms with Crippen molar-refractivity contribution in [3.8, 4) is 11.4 Å². The predicted octanol–water partition coefficient (Wildman–Crippen LogP) is 2.67. The summed E-state index contributed by atoms with van der Waals surface area (Å²) in [5.74, 6) is 1.54. The Hall–Kier alpha value is -2.97. The summed E-state index contributed by atoms with van der Waals surface area (Å²) in [7, 11) is 0. The second-order valence-corrected chi connectivity index (χ2v) is 7.39. The van der Waals surface area contributed by atoms with Crippen molar-refractivity contribution in [1.29, 1.82) is 0 Å². The summed E-state index contributed by atoms with van der Waals surface area (Å²) in [5.41, 5.74) is 1.43. The van der Waals surface area contributed by atoms with Crippen LogP contribution in [0.25, 0.3) is 5.69 Å². The lowest BCUT2D eigenvalue weighted by atomic mass is 10.2. The monoisotopic (exact) mass is 426 g/mol. The minimum Gasteiger partial charge on any atom is -0.494 e. The molecule has 3 aromatic rings. The van der Waals surface area contributed by atoms with Crippen LogP contribution in [0.2, 0.25) is 5.02 Å². The fourth-order valence-electron chi connectivity index (χ4n) is 3.47. The molecule has 0 aliphatic carbocycles. The van der Waals surface area contributed by atoms with E-state index in [4.69, 9.17) is 16.3 Å². The molecule has 0 bridgehead atoms. The molecule has 156 valence electrons. The molecule has 2 heterocycles. The van der Waals surface area contributed by atoms with E-state index in [1.807, 2.05) is 48.2 Å². The average molecular weight is 427 g/mol. The predicted molar refractivity (Wildman–Crippen MR) is 113 cm³/mol. The Kier molecular flexibility index (Phi) is 6.25. The molecule has 1 saturated heterocycles. The van der Waals surface area contributed by atoms with Gasteiger partial charge >= 0.3 is 0 Å². The molecular formula is C21H23ClN6O2. The number of aromatic nitrogens is 4. The van der Waals surface area contributed by atoms with Gasteiger partial charge in [0.1, 0.15) is 5.75 Å². The first-order valence-electron chi connectivity index (χ1n) is 9.92. The number of hydrogen-bond donors (Lipinski definition) is 0. The summed E-state index contributed by atoms with van der Waals surface area (Å²) >= 11 is 6.17. The highest BCUT2D eigenvalue weighted by Crippen LogP contribution is 2.19. The lowest BCUT2D eigenvalue weighted by molar-refractivity contribution is 0.0624. The van der Waals surface area contributed by atoms with Gasteiger partial charge in [-0.25, -0.2) is 0 Å². The Morgan fingerprint density at radius 3 is 2.50 bits per heavy atom. The summed E-state index contributed by atoms with van der Waals surface area (Å²) in [6, 6.07) is 14.8. The zero-order valence-electron chi connectivity index (χ0n) is 16.7. The van der Waals surface area contributed by atoms with E-state index >= 15 is 0 Å². The van der Waals surface area contributed by atoms with Gasteiger partial charge in [0.2, 0.25) is 0 Å². The van der Waals surface area contributed by atoms with Crippen LogP contribution in [0.3, 0.4) is 0 Å². The number of hydrogen-bond acceptors (Lipinski definition) is 6. The molecule has 2 aromatic carbocycles. The number of rotatable bonds is 6. The Morgan fingerprint density at radius 2 is 1.80 bits per heavy atom. The van der Waals surface area contributed by atoms with E-state index in [-0.39, 0.29) is 5.91 Å². The van der Waals surface area contributed by atoms with Crippen LogP contribution in [0.5, 0.6) is 5.75 Å². The third-order valence-corrected chi connectivity index (χ3v) is 5.38. The number of carbonyl (C=O) groups excluding carboxylic acids is 1. The fourth-order valence-corrected chi connectivity index (χ4v) is 3.69. The maximum atomic E-state index is 12.7. The molecular weight excluding hydrogens is 404 g/mol. The molecule has 1 fully saturated rings. The van der Waals surface area contributed by atoms with E-state index in [0.29, 0.717) is 36.8 Å². The molecule has 0 saturated carbocycles. The highest BCUT2D eigenvalue weighted by molar-refractivity contribution is 6.33. The van der Waals surface area contributed by atoms with E-state index in [0.717, 1.165) is 30.4 Å². The van der Waals surface area contributed by atoms with Gasteiger partial charge in [-0.1, -0.05) is 23.7 Å². The molecule has 0 unspecified atom stereocenters. The number of tetrazole rings is 1. The molecule has 0 atom stereocenters. The van der Waals surface area contributed by atoms with Crippen molar-refractivity contribution in [2.45, 2.75) is 13.5 Å². The van der Waals surface area contributed by atoms with Gasteiger partial charge in [-0.15, -0.1) is 5.10 Å². The zero-order valence-corrected chi connectivity index (χ0v) is 17.5. The second-order valence-electron chi connectivity index (χ2n) is 6.98. The average Bonchev–Trinajstić information content (AvgIpc) is 3.23. The van der Waals surface area contributed by atoms with Gasteiger partial charge in [-0.2, -0.15) is 4.68 Å².